The van der Waals surface area contributed by atoms with Crippen molar-refractivity contribution in [2.75, 3.05) is 31.1 Å². The fourth-order valence-electron chi connectivity index (χ4n) is 5.59. The van der Waals surface area contributed by atoms with Gasteiger partial charge in [0.25, 0.3) is 18.1 Å². The zero-order valence-corrected chi connectivity index (χ0v) is 28.2. The average molecular weight is 631 g/mol. The highest BCUT2D eigenvalue weighted by atomic mass is 16.7. The van der Waals surface area contributed by atoms with E-state index in [9.17, 15) is 24.0 Å². The minimum atomic E-state index is -1.12. The van der Waals surface area contributed by atoms with Crippen LogP contribution in [0.3, 0.4) is 0 Å². The standard InChI is InChI=1S/C33H50N4O8/c1-10-27(38)34-14-16-36-25-18-24(22(7)17-26(25)45-33(8,9)31(36)41)29(40)37(21(5)6)23-13-12-15-35(19-23)32(42)44-30(20(3)4)43-28(39)11-2/h17-18,20-21,23,30H,10-16,19H2,1-9H3,(H,34,38)/t23-,30?/m1/s1. The van der Waals surface area contributed by atoms with Crippen LogP contribution in [0.4, 0.5) is 10.5 Å². The fourth-order valence-corrected chi connectivity index (χ4v) is 5.59. The zero-order valence-electron chi connectivity index (χ0n) is 28.2. The summed E-state index contributed by atoms with van der Waals surface area (Å²) in [5, 5.41) is 2.81. The van der Waals surface area contributed by atoms with Gasteiger partial charge in [0, 0.05) is 56.5 Å². The number of carbonyl (C=O) groups excluding carboxylic acids is 5. The summed E-state index contributed by atoms with van der Waals surface area (Å²) in [7, 11) is 0. The summed E-state index contributed by atoms with van der Waals surface area (Å²) < 4.78 is 17.0. The highest BCUT2D eigenvalue weighted by Gasteiger charge is 2.42. The molecule has 1 unspecified atom stereocenters. The molecule has 4 amide bonds. The number of likely N-dealkylation sites (tertiary alicyclic amines) is 1. The summed E-state index contributed by atoms with van der Waals surface area (Å²) >= 11 is 0. The normalized spacial score (nSPS) is 18.2. The maximum Gasteiger partial charge on any atom is 0.412 e. The van der Waals surface area contributed by atoms with Crippen LogP contribution < -0.4 is 15.0 Å². The number of rotatable bonds is 11. The van der Waals surface area contributed by atoms with Crippen LogP contribution in [0.1, 0.15) is 97.0 Å². The van der Waals surface area contributed by atoms with Gasteiger partial charge in [0.1, 0.15) is 5.75 Å². The Bertz CT molecular complexity index is 1280. The third-order valence-corrected chi connectivity index (χ3v) is 8.07. The number of amides is 4. The molecule has 0 radical (unpaired) electrons. The zero-order chi connectivity index (χ0) is 33.6. The van der Waals surface area contributed by atoms with E-state index >= 15 is 0 Å². The molecule has 0 aliphatic carbocycles. The molecule has 0 saturated carbocycles. The Morgan fingerprint density at radius 1 is 1.09 bits per heavy atom. The Hall–Kier alpha value is -3.83. The first-order valence-electron chi connectivity index (χ1n) is 16.0. The molecule has 12 nitrogen and oxygen atoms in total. The smallest absolute Gasteiger partial charge is 0.412 e. The van der Waals surface area contributed by atoms with E-state index in [1.54, 1.807) is 54.5 Å². The summed E-state index contributed by atoms with van der Waals surface area (Å²) in [6.07, 6.45) is 0.269. The highest BCUT2D eigenvalue weighted by Crippen LogP contribution is 2.40. The predicted octanol–water partition coefficient (Wildman–Crippen LogP) is 4.41. The number of benzene rings is 1. The molecule has 1 N–H and O–H groups in total. The van der Waals surface area contributed by atoms with Crippen LogP contribution in [0, 0.1) is 12.8 Å². The first kappa shape index (κ1) is 35.6. The monoisotopic (exact) mass is 630 g/mol. The van der Waals surface area contributed by atoms with Gasteiger partial charge in [0.2, 0.25) is 5.91 Å². The van der Waals surface area contributed by atoms with Crippen LogP contribution in [0.2, 0.25) is 0 Å². The Balaban J connectivity index is 1.87. The number of nitrogens with zero attached hydrogens (tertiary/aromatic N) is 3. The SMILES string of the molecule is CCC(=O)NCCN1C(=O)C(C)(C)Oc2cc(C)c(C(=O)N(C(C)C)[C@@H]3CCCN(C(=O)OC(OC(=O)CC)C(C)C)C3)cc21. The van der Waals surface area contributed by atoms with Gasteiger partial charge in [-0.2, -0.15) is 0 Å². The van der Waals surface area contributed by atoms with Crippen LogP contribution in [0.15, 0.2) is 12.1 Å². The molecule has 0 bridgehead atoms. The topological polar surface area (TPSA) is 135 Å². The summed E-state index contributed by atoms with van der Waals surface area (Å²) in [6, 6.07) is 2.99. The predicted molar refractivity (Wildman–Crippen MR) is 169 cm³/mol. The van der Waals surface area contributed by atoms with Crippen molar-refractivity contribution in [2.45, 2.75) is 112 Å². The largest absolute Gasteiger partial charge is 0.476 e. The summed E-state index contributed by atoms with van der Waals surface area (Å²) in [6.45, 7) is 17.3. The fraction of sp³-hybridized carbons (Fsp3) is 0.667. The molecule has 1 fully saturated rings. The molecule has 0 aromatic heterocycles. The van der Waals surface area contributed by atoms with Crippen LogP contribution in [-0.4, -0.2) is 89.7 Å². The number of piperidine rings is 1. The van der Waals surface area contributed by atoms with Crippen molar-refractivity contribution < 1.29 is 38.2 Å². The second-order valence-electron chi connectivity index (χ2n) is 12.8. The van der Waals surface area contributed by atoms with Gasteiger partial charge in [-0.15, -0.1) is 0 Å². The number of aryl methyl sites for hydroxylation is 1. The van der Waals surface area contributed by atoms with Gasteiger partial charge < -0.3 is 34.2 Å². The lowest BCUT2D eigenvalue weighted by Gasteiger charge is -2.42. The number of hydrogen-bond acceptors (Lipinski definition) is 8. The van der Waals surface area contributed by atoms with Crippen LogP contribution in [0.5, 0.6) is 5.75 Å². The average Bonchev–Trinajstić information content (AvgIpc) is 2.98. The molecule has 2 atom stereocenters. The van der Waals surface area contributed by atoms with E-state index in [0.717, 1.165) is 0 Å². The van der Waals surface area contributed by atoms with Gasteiger partial charge in [-0.1, -0.05) is 27.7 Å². The van der Waals surface area contributed by atoms with Crippen molar-refractivity contribution in [1.82, 2.24) is 15.1 Å². The maximum atomic E-state index is 14.3. The Morgan fingerprint density at radius 2 is 1.78 bits per heavy atom. The number of fused-ring (bicyclic) bond motifs is 1. The van der Waals surface area contributed by atoms with Crippen molar-refractivity contribution in [1.29, 1.82) is 0 Å². The van der Waals surface area contributed by atoms with Crippen molar-refractivity contribution in [3.63, 3.8) is 0 Å². The minimum absolute atomic E-state index is 0.116. The van der Waals surface area contributed by atoms with Crippen molar-refractivity contribution >= 4 is 35.5 Å². The molecule has 3 rings (SSSR count). The Labute approximate surface area is 266 Å². The number of anilines is 1. The Morgan fingerprint density at radius 3 is 2.38 bits per heavy atom. The number of carbonyl (C=O) groups is 5. The summed E-state index contributed by atoms with van der Waals surface area (Å²) in [5.74, 6) is -0.797. The Kier molecular flexibility index (Phi) is 11.9. The number of ether oxygens (including phenoxy) is 3. The van der Waals surface area contributed by atoms with E-state index in [1.807, 2.05) is 34.6 Å². The van der Waals surface area contributed by atoms with E-state index in [2.05, 4.69) is 5.32 Å². The molecule has 1 saturated heterocycles. The van der Waals surface area contributed by atoms with Crippen molar-refractivity contribution in [3.05, 3.63) is 23.3 Å². The maximum absolute atomic E-state index is 14.3. The molecule has 1 aromatic carbocycles. The lowest BCUT2D eigenvalue weighted by atomic mass is 9.97. The molecular formula is C33H50N4O8. The first-order valence-corrected chi connectivity index (χ1v) is 16.0. The van der Waals surface area contributed by atoms with Gasteiger partial charge >= 0.3 is 12.1 Å². The van der Waals surface area contributed by atoms with Gasteiger partial charge in [-0.25, -0.2) is 4.79 Å². The molecule has 2 aliphatic heterocycles. The van der Waals surface area contributed by atoms with Gasteiger partial charge in [0.15, 0.2) is 5.60 Å². The summed E-state index contributed by atoms with van der Waals surface area (Å²) in [4.78, 5) is 69.5. The quantitative estimate of drug-likeness (QED) is 0.281. The molecule has 12 heteroatoms. The highest BCUT2D eigenvalue weighted by molar-refractivity contribution is 6.05. The van der Waals surface area contributed by atoms with Gasteiger partial charge in [0.05, 0.1) is 11.7 Å². The molecular weight excluding hydrogens is 580 g/mol. The van der Waals surface area contributed by atoms with Gasteiger partial charge in [-0.3, -0.25) is 19.2 Å². The third-order valence-electron chi connectivity index (χ3n) is 8.07. The molecule has 45 heavy (non-hydrogen) atoms. The molecule has 0 spiro atoms. The van der Waals surface area contributed by atoms with Crippen molar-refractivity contribution in [2.24, 2.45) is 5.92 Å². The number of hydrogen-bond donors (Lipinski definition) is 1. The van der Waals surface area contributed by atoms with Gasteiger partial charge in [-0.05, 0) is 65.2 Å². The molecule has 2 aliphatic rings. The van der Waals surface area contributed by atoms with Crippen LogP contribution in [-0.2, 0) is 23.9 Å². The van der Waals surface area contributed by atoms with Crippen molar-refractivity contribution in [3.8, 4) is 5.75 Å². The van der Waals surface area contributed by atoms with Crippen LogP contribution in [0.25, 0.3) is 0 Å². The first-order chi connectivity index (χ1) is 21.1. The summed E-state index contributed by atoms with van der Waals surface area (Å²) in [5.41, 5.74) is 0.469. The number of nitrogens with one attached hydrogen (secondary N) is 1. The van der Waals surface area contributed by atoms with E-state index in [0.29, 0.717) is 48.4 Å². The van der Waals surface area contributed by atoms with Crippen LogP contribution >= 0.6 is 0 Å². The molecule has 2 heterocycles. The lowest BCUT2D eigenvalue weighted by Crippen LogP contribution is -2.55. The van der Waals surface area contributed by atoms with E-state index in [-0.39, 0.29) is 61.8 Å². The molecule has 1 aromatic rings. The van der Waals surface area contributed by atoms with E-state index < -0.39 is 24.0 Å². The van der Waals surface area contributed by atoms with E-state index in [1.165, 1.54) is 0 Å². The second kappa shape index (κ2) is 15.0. The van der Waals surface area contributed by atoms with E-state index in [4.69, 9.17) is 14.2 Å². The third kappa shape index (κ3) is 8.46. The minimum Gasteiger partial charge on any atom is -0.476 e. The lowest BCUT2D eigenvalue weighted by molar-refractivity contribution is -0.176. The second-order valence-corrected chi connectivity index (χ2v) is 12.8. The number of esters is 1. The molecule has 250 valence electrons.